The van der Waals surface area contributed by atoms with Crippen LogP contribution in [0.2, 0.25) is 0 Å². The number of pyridine rings is 1. The molecule has 0 spiro atoms. The maximum Gasteiger partial charge on any atom is 0.270 e. The molecule has 6 nitrogen and oxygen atoms in total. The van der Waals surface area contributed by atoms with Crippen LogP contribution in [0.25, 0.3) is 11.3 Å². The standard InChI is InChI=1S/C19H20N4O2S/c1-14(2)8-10-22-18(15-5-3-7-17(11-15)23(24)25)13-26-19(22)21-16-6-4-9-20-12-16/h3-7,9,11-14H,8,10H2,1-2H3. The van der Waals surface area contributed by atoms with E-state index >= 15 is 0 Å². The zero-order valence-electron chi connectivity index (χ0n) is 14.7. The second-order valence-electron chi connectivity index (χ2n) is 6.37. The van der Waals surface area contributed by atoms with Gasteiger partial charge in [-0.05, 0) is 24.5 Å². The number of hydrogen-bond acceptors (Lipinski definition) is 5. The summed E-state index contributed by atoms with van der Waals surface area (Å²) in [5, 5.41) is 13.1. The molecule has 1 aromatic carbocycles. The fourth-order valence-electron chi connectivity index (χ4n) is 2.56. The molecule has 0 saturated carbocycles. The Labute approximate surface area is 155 Å². The Hall–Kier alpha value is -2.80. The molecule has 0 saturated heterocycles. The van der Waals surface area contributed by atoms with E-state index in [1.54, 1.807) is 24.5 Å². The number of nitrogens with zero attached hydrogens (tertiary/aromatic N) is 4. The maximum absolute atomic E-state index is 11.1. The Morgan fingerprint density at radius 3 is 2.85 bits per heavy atom. The predicted molar refractivity (Wildman–Crippen MR) is 103 cm³/mol. The van der Waals surface area contributed by atoms with Gasteiger partial charge in [0, 0.05) is 35.8 Å². The van der Waals surface area contributed by atoms with Crippen LogP contribution in [0.1, 0.15) is 20.3 Å². The summed E-state index contributed by atoms with van der Waals surface area (Å²) in [7, 11) is 0. The molecule has 0 aliphatic carbocycles. The number of hydrogen-bond donors (Lipinski definition) is 0. The van der Waals surface area contributed by atoms with Crippen molar-refractivity contribution in [2.24, 2.45) is 10.9 Å². The molecule has 2 heterocycles. The maximum atomic E-state index is 11.1. The van der Waals surface area contributed by atoms with Gasteiger partial charge in [0.05, 0.1) is 22.5 Å². The van der Waals surface area contributed by atoms with Crippen LogP contribution >= 0.6 is 11.3 Å². The van der Waals surface area contributed by atoms with Gasteiger partial charge in [-0.25, -0.2) is 4.99 Å². The molecular formula is C19H20N4O2S. The summed E-state index contributed by atoms with van der Waals surface area (Å²) >= 11 is 1.53. The van der Waals surface area contributed by atoms with Crippen molar-refractivity contribution in [3.8, 4) is 11.3 Å². The van der Waals surface area contributed by atoms with Gasteiger partial charge in [0.25, 0.3) is 5.69 Å². The van der Waals surface area contributed by atoms with E-state index in [0.717, 1.165) is 34.7 Å². The van der Waals surface area contributed by atoms with Crippen LogP contribution in [-0.4, -0.2) is 14.5 Å². The van der Waals surface area contributed by atoms with E-state index in [-0.39, 0.29) is 10.6 Å². The van der Waals surface area contributed by atoms with E-state index in [1.807, 2.05) is 23.6 Å². The highest BCUT2D eigenvalue weighted by molar-refractivity contribution is 7.07. The van der Waals surface area contributed by atoms with Crippen LogP contribution in [0.3, 0.4) is 0 Å². The van der Waals surface area contributed by atoms with Crippen LogP contribution in [0, 0.1) is 16.0 Å². The number of nitro benzene ring substituents is 1. The molecule has 0 fully saturated rings. The summed E-state index contributed by atoms with van der Waals surface area (Å²) in [6.07, 6.45) is 4.44. The Kier molecular flexibility index (Phi) is 5.58. The number of rotatable bonds is 6. The lowest BCUT2D eigenvalue weighted by Crippen LogP contribution is -2.17. The Balaban J connectivity index is 2.09. The first-order valence-corrected chi connectivity index (χ1v) is 9.30. The summed E-state index contributed by atoms with van der Waals surface area (Å²) in [5.41, 5.74) is 2.65. The average molecular weight is 368 g/mol. The van der Waals surface area contributed by atoms with Crippen molar-refractivity contribution in [1.29, 1.82) is 0 Å². The molecule has 7 heteroatoms. The van der Waals surface area contributed by atoms with Gasteiger partial charge in [0.2, 0.25) is 0 Å². The Morgan fingerprint density at radius 2 is 2.15 bits per heavy atom. The summed E-state index contributed by atoms with van der Waals surface area (Å²) in [5.74, 6) is 0.548. The molecule has 0 N–H and O–H groups in total. The Morgan fingerprint density at radius 1 is 1.31 bits per heavy atom. The second kappa shape index (κ2) is 8.05. The molecule has 2 aromatic heterocycles. The van der Waals surface area contributed by atoms with Crippen LogP contribution in [0.4, 0.5) is 11.4 Å². The summed E-state index contributed by atoms with van der Waals surface area (Å²) in [6, 6.07) is 10.5. The van der Waals surface area contributed by atoms with E-state index in [1.165, 1.54) is 17.4 Å². The molecule has 0 radical (unpaired) electrons. The summed E-state index contributed by atoms with van der Waals surface area (Å²) in [6.45, 7) is 5.16. The zero-order valence-corrected chi connectivity index (χ0v) is 15.5. The number of aromatic nitrogens is 2. The first kappa shape index (κ1) is 18.0. The quantitative estimate of drug-likeness (QED) is 0.463. The largest absolute Gasteiger partial charge is 0.316 e. The third-order valence-electron chi connectivity index (χ3n) is 3.95. The topological polar surface area (TPSA) is 73.3 Å². The number of benzene rings is 1. The number of nitro groups is 1. The van der Waals surface area contributed by atoms with Gasteiger partial charge in [0.1, 0.15) is 0 Å². The molecule has 0 atom stereocenters. The van der Waals surface area contributed by atoms with E-state index < -0.39 is 0 Å². The third kappa shape index (κ3) is 4.23. The van der Waals surface area contributed by atoms with E-state index in [2.05, 4.69) is 23.4 Å². The van der Waals surface area contributed by atoms with Gasteiger partial charge in [0.15, 0.2) is 4.80 Å². The molecule has 3 rings (SSSR count). The molecule has 134 valence electrons. The summed E-state index contributed by atoms with van der Waals surface area (Å²) < 4.78 is 2.14. The van der Waals surface area contributed by atoms with Gasteiger partial charge in [-0.15, -0.1) is 11.3 Å². The Bertz CT molecular complexity index is 961. The van der Waals surface area contributed by atoms with Gasteiger partial charge < -0.3 is 4.57 Å². The SMILES string of the molecule is CC(C)CCn1c(-c2cccc([N+](=O)[O-])c2)csc1=Nc1cccnc1. The van der Waals surface area contributed by atoms with Crippen molar-refractivity contribution >= 4 is 22.7 Å². The van der Waals surface area contributed by atoms with E-state index in [0.29, 0.717) is 5.92 Å². The average Bonchev–Trinajstić information content (AvgIpc) is 3.03. The van der Waals surface area contributed by atoms with Gasteiger partial charge in [-0.3, -0.25) is 15.1 Å². The molecule has 0 aliphatic heterocycles. The number of non-ortho nitro benzene ring substituents is 1. The third-order valence-corrected chi connectivity index (χ3v) is 4.81. The molecule has 0 unspecified atom stereocenters. The molecule has 0 bridgehead atoms. The van der Waals surface area contributed by atoms with Gasteiger partial charge in [-0.2, -0.15) is 0 Å². The van der Waals surface area contributed by atoms with Crippen molar-refractivity contribution < 1.29 is 4.92 Å². The monoisotopic (exact) mass is 368 g/mol. The van der Waals surface area contributed by atoms with Crippen LogP contribution in [-0.2, 0) is 6.54 Å². The lowest BCUT2D eigenvalue weighted by Gasteiger charge is -2.11. The van der Waals surface area contributed by atoms with Crippen molar-refractivity contribution in [2.45, 2.75) is 26.8 Å². The molecule has 3 aromatic rings. The fraction of sp³-hybridized carbons (Fsp3) is 0.263. The highest BCUT2D eigenvalue weighted by Gasteiger charge is 2.12. The normalized spacial score (nSPS) is 11.9. The van der Waals surface area contributed by atoms with E-state index in [9.17, 15) is 10.1 Å². The van der Waals surface area contributed by atoms with Crippen molar-refractivity contribution in [2.75, 3.05) is 0 Å². The van der Waals surface area contributed by atoms with Gasteiger partial charge >= 0.3 is 0 Å². The lowest BCUT2D eigenvalue weighted by atomic mass is 10.1. The summed E-state index contributed by atoms with van der Waals surface area (Å²) in [4.78, 5) is 20.4. The smallest absolute Gasteiger partial charge is 0.270 e. The number of thiazole rings is 1. The minimum absolute atomic E-state index is 0.0925. The lowest BCUT2D eigenvalue weighted by molar-refractivity contribution is -0.384. The fourth-order valence-corrected chi connectivity index (χ4v) is 3.52. The van der Waals surface area contributed by atoms with E-state index in [4.69, 9.17) is 4.99 Å². The first-order valence-electron chi connectivity index (χ1n) is 8.42. The van der Waals surface area contributed by atoms with Crippen molar-refractivity contribution in [1.82, 2.24) is 9.55 Å². The minimum Gasteiger partial charge on any atom is -0.316 e. The zero-order chi connectivity index (χ0) is 18.5. The predicted octanol–water partition coefficient (Wildman–Crippen LogP) is 4.80. The highest BCUT2D eigenvalue weighted by atomic mass is 32.1. The minimum atomic E-state index is -0.366. The van der Waals surface area contributed by atoms with Crippen molar-refractivity contribution in [3.05, 3.63) is 69.1 Å². The molecule has 26 heavy (non-hydrogen) atoms. The second-order valence-corrected chi connectivity index (χ2v) is 7.20. The van der Waals surface area contributed by atoms with Crippen LogP contribution in [0.5, 0.6) is 0 Å². The van der Waals surface area contributed by atoms with Crippen molar-refractivity contribution in [3.63, 3.8) is 0 Å². The van der Waals surface area contributed by atoms with Gasteiger partial charge in [-0.1, -0.05) is 26.0 Å². The molecule has 0 amide bonds. The van der Waals surface area contributed by atoms with Crippen LogP contribution in [0.15, 0.2) is 59.2 Å². The molecule has 0 aliphatic rings. The van der Waals surface area contributed by atoms with Crippen LogP contribution < -0.4 is 4.80 Å². The first-order chi connectivity index (χ1) is 12.5. The molecular weight excluding hydrogens is 348 g/mol. The highest BCUT2D eigenvalue weighted by Crippen LogP contribution is 2.25.